The Hall–Kier alpha value is -2.28. The van der Waals surface area contributed by atoms with Crippen LogP contribution in [0, 0.1) is 6.92 Å². The third-order valence-electron chi connectivity index (χ3n) is 3.94. The van der Waals surface area contributed by atoms with E-state index in [9.17, 15) is 15.3 Å². The molecular formula is C16H19N3O3S. The zero-order chi connectivity index (χ0) is 16.4. The summed E-state index contributed by atoms with van der Waals surface area (Å²) in [5, 5.41) is 35.1. The predicted molar refractivity (Wildman–Crippen MR) is 89.3 cm³/mol. The molecule has 1 aromatic carbocycles. The van der Waals surface area contributed by atoms with Crippen molar-refractivity contribution in [1.29, 1.82) is 0 Å². The van der Waals surface area contributed by atoms with Crippen LogP contribution in [0.2, 0.25) is 0 Å². The first-order chi connectivity index (χ1) is 11.1. The van der Waals surface area contributed by atoms with Gasteiger partial charge in [-0.25, -0.2) is 4.68 Å². The fraction of sp³-hybridized carbons (Fsp3) is 0.375. The average molecular weight is 333 g/mol. The Balaban J connectivity index is 1.94. The lowest BCUT2D eigenvalue weighted by molar-refractivity contribution is 0.367. The van der Waals surface area contributed by atoms with E-state index in [-0.39, 0.29) is 5.75 Å². The van der Waals surface area contributed by atoms with E-state index in [2.05, 4.69) is 5.10 Å². The zero-order valence-electron chi connectivity index (χ0n) is 12.8. The van der Waals surface area contributed by atoms with Gasteiger partial charge in [-0.05, 0) is 31.9 Å². The Morgan fingerprint density at radius 2 is 1.91 bits per heavy atom. The molecule has 1 aliphatic carbocycles. The monoisotopic (exact) mass is 333 g/mol. The molecule has 1 aromatic heterocycles. The van der Waals surface area contributed by atoms with Gasteiger partial charge in [0.1, 0.15) is 0 Å². The van der Waals surface area contributed by atoms with Crippen LogP contribution in [-0.2, 0) is 0 Å². The van der Waals surface area contributed by atoms with E-state index in [1.165, 1.54) is 42.5 Å². The van der Waals surface area contributed by atoms with Crippen molar-refractivity contribution in [3.63, 3.8) is 0 Å². The van der Waals surface area contributed by atoms with Gasteiger partial charge >= 0.3 is 0 Å². The number of aromatic nitrogens is 1. The van der Waals surface area contributed by atoms with Gasteiger partial charge < -0.3 is 15.3 Å². The lowest BCUT2D eigenvalue weighted by atomic mass is 10.2. The maximum atomic E-state index is 9.84. The first-order valence-corrected chi connectivity index (χ1v) is 8.43. The van der Waals surface area contributed by atoms with Crippen molar-refractivity contribution in [2.24, 2.45) is 10.1 Å². The van der Waals surface area contributed by atoms with E-state index >= 15 is 0 Å². The van der Waals surface area contributed by atoms with Crippen molar-refractivity contribution in [1.82, 2.24) is 4.68 Å². The second-order valence-electron chi connectivity index (χ2n) is 5.65. The van der Waals surface area contributed by atoms with Crippen LogP contribution in [0.3, 0.4) is 0 Å². The van der Waals surface area contributed by atoms with Crippen molar-refractivity contribution >= 4 is 17.6 Å². The molecule has 0 unspecified atom stereocenters. The first-order valence-electron chi connectivity index (χ1n) is 7.55. The highest BCUT2D eigenvalue weighted by molar-refractivity contribution is 7.07. The Bertz CT molecular complexity index is 801. The minimum Gasteiger partial charge on any atom is -0.504 e. The largest absolute Gasteiger partial charge is 0.504 e. The number of aryl methyl sites for hydroxylation is 1. The van der Waals surface area contributed by atoms with E-state index in [0.29, 0.717) is 11.6 Å². The van der Waals surface area contributed by atoms with E-state index in [1.807, 2.05) is 12.3 Å². The summed E-state index contributed by atoms with van der Waals surface area (Å²) in [6, 6.07) is 3.16. The quantitative estimate of drug-likeness (QED) is 0.596. The van der Waals surface area contributed by atoms with Gasteiger partial charge in [-0.1, -0.05) is 12.8 Å². The molecule has 6 nitrogen and oxygen atoms in total. The molecule has 7 heteroatoms. The number of aromatic hydroxyl groups is 3. The number of hydrogen-bond acceptors (Lipinski definition) is 6. The maximum absolute atomic E-state index is 9.84. The van der Waals surface area contributed by atoms with Gasteiger partial charge in [0, 0.05) is 10.9 Å². The molecule has 1 saturated carbocycles. The summed E-state index contributed by atoms with van der Waals surface area (Å²) < 4.78 is 1.73. The third kappa shape index (κ3) is 3.24. The van der Waals surface area contributed by atoms with Crippen molar-refractivity contribution in [2.45, 2.75) is 38.6 Å². The second kappa shape index (κ2) is 6.45. The number of benzene rings is 1. The Kier molecular flexibility index (Phi) is 4.38. The summed E-state index contributed by atoms with van der Waals surface area (Å²) >= 11 is 1.54. The first kappa shape index (κ1) is 15.6. The van der Waals surface area contributed by atoms with Gasteiger partial charge in [-0.3, -0.25) is 4.99 Å². The van der Waals surface area contributed by atoms with Crippen LogP contribution < -0.4 is 4.80 Å². The summed E-state index contributed by atoms with van der Waals surface area (Å²) in [5.74, 6) is -1.30. The van der Waals surface area contributed by atoms with Gasteiger partial charge in [-0.2, -0.15) is 5.10 Å². The molecule has 0 atom stereocenters. The molecule has 1 heterocycles. The summed E-state index contributed by atoms with van der Waals surface area (Å²) in [6.07, 6.45) is 6.13. The van der Waals surface area contributed by atoms with E-state index in [0.717, 1.165) is 23.3 Å². The van der Waals surface area contributed by atoms with Gasteiger partial charge in [0.15, 0.2) is 11.5 Å². The summed E-state index contributed by atoms with van der Waals surface area (Å²) in [4.78, 5) is 5.59. The molecule has 0 amide bonds. The van der Waals surface area contributed by atoms with Crippen molar-refractivity contribution in [2.75, 3.05) is 0 Å². The van der Waals surface area contributed by atoms with Gasteiger partial charge in [0.05, 0.1) is 18.0 Å². The van der Waals surface area contributed by atoms with Crippen LogP contribution in [0.1, 0.15) is 36.9 Å². The van der Waals surface area contributed by atoms with Crippen LogP contribution in [0.15, 0.2) is 27.6 Å². The van der Waals surface area contributed by atoms with Gasteiger partial charge in [-0.15, -0.1) is 11.3 Å². The van der Waals surface area contributed by atoms with E-state index < -0.39 is 11.5 Å². The molecule has 0 radical (unpaired) electrons. The van der Waals surface area contributed by atoms with Crippen molar-refractivity contribution in [3.8, 4) is 17.2 Å². The number of rotatable bonds is 3. The predicted octanol–water partition coefficient (Wildman–Crippen LogP) is 2.70. The molecule has 1 aliphatic rings. The molecule has 0 bridgehead atoms. The summed E-state index contributed by atoms with van der Waals surface area (Å²) in [7, 11) is 0. The molecule has 2 aromatic rings. The third-order valence-corrected chi connectivity index (χ3v) is 4.89. The fourth-order valence-corrected chi connectivity index (χ4v) is 3.49. The van der Waals surface area contributed by atoms with E-state index in [1.54, 1.807) is 4.68 Å². The number of phenols is 3. The fourth-order valence-electron chi connectivity index (χ4n) is 2.61. The topological polar surface area (TPSA) is 90.3 Å². The van der Waals surface area contributed by atoms with Crippen LogP contribution in [0.5, 0.6) is 17.2 Å². The summed E-state index contributed by atoms with van der Waals surface area (Å²) in [6.45, 7) is 1.94. The van der Waals surface area contributed by atoms with Gasteiger partial charge in [0.25, 0.3) is 0 Å². The maximum Gasteiger partial charge on any atom is 0.206 e. The smallest absolute Gasteiger partial charge is 0.206 e. The normalized spacial score (nSPS) is 16.7. The lowest BCUT2D eigenvalue weighted by Crippen LogP contribution is -2.15. The van der Waals surface area contributed by atoms with Crippen molar-refractivity contribution in [3.05, 3.63) is 33.6 Å². The molecule has 23 heavy (non-hydrogen) atoms. The zero-order valence-corrected chi connectivity index (χ0v) is 13.6. The van der Waals surface area contributed by atoms with Crippen molar-refractivity contribution < 1.29 is 15.3 Å². The molecule has 122 valence electrons. The highest BCUT2D eigenvalue weighted by Gasteiger charge is 2.14. The Morgan fingerprint density at radius 3 is 2.65 bits per heavy atom. The number of nitrogens with zero attached hydrogens (tertiary/aromatic N) is 3. The van der Waals surface area contributed by atoms with Crippen LogP contribution in [0.25, 0.3) is 0 Å². The SMILES string of the molecule is Cc1csc(=NC2CCCC2)n1N=Cc1ccc(O)c(O)c1O. The Morgan fingerprint density at radius 1 is 1.17 bits per heavy atom. The molecule has 1 fully saturated rings. The number of thiazole rings is 1. The lowest BCUT2D eigenvalue weighted by Gasteiger charge is -2.04. The average Bonchev–Trinajstić information content (AvgIpc) is 3.16. The molecule has 3 rings (SSSR count). The van der Waals surface area contributed by atoms with Crippen LogP contribution in [0.4, 0.5) is 0 Å². The molecule has 3 N–H and O–H groups in total. The highest BCUT2D eigenvalue weighted by atomic mass is 32.1. The van der Waals surface area contributed by atoms with E-state index in [4.69, 9.17) is 4.99 Å². The highest BCUT2D eigenvalue weighted by Crippen LogP contribution is 2.36. The molecule has 0 saturated heterocycles. The molecular weight excluding hydrogens is 314 g/mol. The molecule has 0 aliphatic heterocycles. The molecule has 0 spiro atoms. The summed E-state index contributed by atoms with van der Waals surface area (Å²) in [5.41, 5.74) is 1.27. The van der Waals surface area contributed by atoms with Crippen LogP contribution >= 0.6 is 11.3 Å². The van der Waals surface area contributed by atoms with Gasteiger partial charge in [0.2, 0.25) is 10.6 Å². The minimum absolute atomic E-state index is 0.324. The van der Waals surface area contributed by atoms with Crippen LogP contribution in [-0.4, -0.2) is 32.3 Å². The number of phenolic OH excluding ortho intramolecular Hbond substituents is 3. The standard InChI is InChI=1S/C16H19N3O3S/c1-10-9-23-16(18-12-4-2-3-5-12)19(10)17-8-11-6-7-13(20)15(22)14(11)21/h6-9,12,20-22H,2-5H2,1H3. The number of hydrogen-bond donors (Lipinski definition) is 3. The second-order valence-corrected chi connectivity index (χ2v) is 6.49. The minimum atomic E-state index is -0.545. The Labute approximate surface area is 137 Å².